The molecule has 3 heterocycles. The van der Waals surface area contributed by atoms with Gasteiger partial charge in [0.2, 0.25) is 0 Å². The van der Waals surface area contributed by atoms with Gasteiger partial charge in [-0.05, 0) is 25.5 Å². The third-order valence-corrected chi connectivity index (χ3v) is 4.78. The number of benzene rings is 1. The van der Waals surface area contributed by atoms with Gasteiger partial charge in [0, 0.05) is 43.6 Å². The van der Waals surface area contributed by atoms with Gasteiger partial charge in [-0.2, -0.15) is 22.7 Å². The summed E-state index contributed by atoms with van der Waals surface area (Å²) < 4.78 is 40.5. The molecule has 142 valence electrons. The molecule has 27 heavy (non-hydrogen) atoms. The maximum Gasteiger partial charge on any atom is 0.453 e. The van der Waals surface area contributed by atoms with Crippen LogP contribution in [0.3, 0.4) is 0 Å². The number of hydrogen-bond acceptors (Lipinski definition) is 5. The lowest BCUT2D eigenvalue weighted by Crippen LogP contribution is -2.39. The van der Waals surface area contributed by atoms with Gasteiger partial charge >= 0.3 is 6.18 Å². The van der Waals surface area contributed by atoms with Crippen molar-refractivity contribution in [2.45, 2.75) is 32.6 Å². The van der Waals surface area contributed by atoms with E-state index in [1.807, 2.05) is 32.2 Å². The fourth-order valence-electron chi connectivity index (χ4n) is 3.55. The largest absolute Gasteiger partial charge is 0.453 e. The molecule has 9 heteroatoms. The molecule has 1 atom stereocenters. The van der Waals surface area contributed by atoms with Gasteiger partial charge in [0.1, 0.15) is 5.82 Å². The summed E-state index contributed by atoms with van der Waals surface area (Å²) >= 11 is 0. The van der Waals surface area contributed by atoms with Crippen LogP contribution in [0.25, 0.3) is 5.78 Å². The molecule has 0 fully saturated rings. The molecule has 4 rings (SSSR count). The number of hydrogen-bond donors (Lipinski definition) is 0. The van der Waals surface area contributed by atoms with E-state index in [0.717, 1.165) is 17.8 Å². The lowest BCUT2D eigenvalue weighted by molar-refractivity contribution is -0.144. The summed E-state index contributed by atoms with van der Waals surface area (Å²) in [5.41, 5.74) is 2.81. The van der Waals surface area contributed by atoms with Crippen LogP contribution < -0.4 is 9.80 Å². The van der Waals surface area contributed by atoms with Crippen LogP contribution in [-0.2, 0) is 12.7 Å². The zero-order valence-corrected chi connectivity index (χ0v) is 15.2. The van der Waals surface area contributed by atoms with E-state index in [-0.39, 0.29) is 11.8 Å². The third kappa shape index (κ3) is 3.07. The Hall–Kier alpha value is -2.84. The number of fused-ring (bicyclic) bond motifs is 2. The number of likely N-dealkylation sites (N-methyl/N-ethyl adjacent to an activating group) is 1. The van der Waals surface area contributed by atoms with Gasteiger partial charge in [-0.3, -0.25) is 0 Å². The molecule has 0 saturated carbocycles. The maximum absolute atomic E-state index is 13.1. The Morgan fingerprint density at radius 3 is 2.63 bits per heavy atom. The van der Waals surface area contributed by atoms with Crippen LogP contribution in [0, 0.1) is 6.92 Å². The zero-order valence-electron chi connectivity index (χ0n) is 15.2. The summed E-state index contributed by atoms with van der Waals surface area (Å²) in [4.78, 5) is 11.9. The number of alkyl halides is 3. The lowest BCUT2D eigenvalue weighted by Gasteiger charge is -2.30. The molecule has 0 bridgehead atoms. The Balaban J connectivity index is 1.87. The summed E-state index contributed by atoms with van der Waals surface area (Å²) in [6.45, 7) is 5.07. The van der Waals surface area contributed by atoms with Crippen LogP contribution in [0.1, 0.15) is 24.0 Å². The number of halogens is 3. The first kappa shape index (κ1) is 17.6. The summed E-state index contributed by atoms with van der Waals surface area (Å²) in [6.07, 6.45) is -4.61. The van der Waals surface area contributed by atoms with E-state index in [1.54, 1.807) is 13.0 Å². The number of nitrogens with zero attached hydrogens (tertiary/aromatic N) is 6. The molecule has 0 amide bonds. The predicted molar refractivity (Wildman–Crippen MR) is 95.9 cm³/mol. The van der Waals surface area contributed by atoms with E-state index in [2.05, 4.69) is 30.9 Å². The van der Waals surface area contributed by atoms with Crippen molar-refractivity contribution in [2.24, 2.45) is 0 Å². The second-order valence-electron chi connectivity index (χ2n) is 6.89. The Labute approximate surface area is 154 Å². The highest BCUT2D eigenvalue weighted by Crippen LogP contribution is 2.31. The van der Waals surface area contributed by atoms with Crippen molar-refractivity contribution in [2.75, 3.05) is 23.4 Å². The number of anilines is 2. The first-order chi connectivity index (χ1) is 12.7. The van der Waals surface area contributed by atoms with Crippen LogP contribution in [0.4, 0.5) is 24.7 Å². The molecule has 1 unspecified atom stereocenters. The Morgan fingerprint density at radius 1 is 1.15 bits per heavy atom. The molecule has 0 aliphatic carbocycles. The number of para-hydroxylation sites is 1. The van der Waals surface area contributed by atoms with E-state index >= 15 is 0 Å². The highest BCUT2D eigenvalue weighted by Gasteiger charge is 2.37. The zero-order chi connectivity index (χ0) is 19.3. The van der Waals surface area contributed by atoms with Crippen molar-refractivity contribution in [1.29, 1.82) is 0 Å². The van der Waals surface area contributed by atoms with Crippen LogP contribution >= 0.6 is 0 Å². The second kappa shape index (κ2) is 6.11. The normalized spacial score (nSPS) is 17.9. The average Bonchev–Trinajstić information content (AvgIpc) is 2.98. The monoisotopic (exact) mass is 376 g/mol. The number of aryl methyl sites for hydroxylation is 1. The molecular formula is C18H19F3N6. The van der Waals surface area contributed by atoms with Crippen LogP contribution in [-0.4, -0.2) is 39.2 Å². The first-order valence-corrected chi connectivity index (χ1v) is 8.61. The molecule has 0 N–H and O–H groups in total. The molecule has 0 radical (unpaired) electrons. The summed E-state index contributed by atoms with van der Waals surface area (Å²) in [5, 5.41) is 3.70. The molecular weight excluding hydrogens is 357 g/mol. The molecule has 0 saturated heterocycles. The van der Waals surface area contributed by atoms with E-state index in [9.17, 15) is 13.2 Å². The van der Waals surface area contributed by atoms with Gasteiger partial charge in [0.05, 0.1) is 0 Å². The fourth-order valence-corrected chi connectivity index (χ4v) is 3.55. The highest BCUT2D eigenvalue weighted by atomic mass is 19.4. The molecule has 1 aromatic carbocycles. The van der Waals surface area contributed by atoms with E-state index in [0.29, 0.717) is 18.1 Å². The minimum absolute atomic E-state index is 0.0459. The Morgan fingerprint density at radius 2 is 1.89 bits per heavy atom. The second-order valence-corrected chi connectivity index (χ2v) is 6.89. The first-order valence-electron chi connectivity index (χ1n) is 8.61. The van der Waals surface area contributed by atoms with Crippen molar-refractivity contribution in [3.05, 3.63) is 47.4 Å². The van der Waals surface area contributed by atoms with Crippen molar-refractivity contribution < 1.29 is 13.2 Å². The van der Waals surface area contributed by atoms with E-state index < -0.39 is 12.0 Å². The highest BCUT2D eigenvalue weighted by molar-refractivity contribution is 5.58. The van der Waals surface area contributed by atoms with Crippen LogP contribution in [0.2, 0.25) is 0 Å². The van der Waals surface area contributed by atoms with Gasteiger partial charge in [0.25, 0.3) is 11.6 Å². The van der Waals surface area contributed by atoms with Gasteiger partial charge in [-0.25, -0.2) is 4.98 Å². The quantitative estimate of drug-likeness (QED) is 0.652. The van der Waals surface area contributed by atoms with Crippen LogP contribution in [0.5, 0.6) is 0 Å². The molecule has 2 aromatic heterocycles. The Kier molecular flexibility index (Phi) is 3.97. The van der Waals surface area contributed by atoms with E-state index in [4.69, 9.17) is 0 Å². The summed E-state index contributed by atoms with van der Waals surface area (Å²) in [7, 11) is 2.02. The average molecular weight is 376 g/mol. The summed E-state index contributed by atoms with van der Waals surface area (Å²) in [6, 6.07) is 9.83. The topological polar surface area (TPSA) is 49.6 Å². The summed E-state index contributed by atoms with van der Waals surface area (Å²) in [5.74, 6) is -0.671. The predicted octanol–water partition coefficient (Wildman–Crippen LogP) is 3.30. The molecule has 1 aliphatic rings. The van der Waals surface area contributed by atoms with Gasteiger partial charge in [0.15, 0.2) is 0 Å². The maximum atomic E-state index is 13.1. The van der Waals surface area contributed by atoms with Gasteiger partial charge in [-0.1, -0.05) is 18.2 Å². The third-order valence-electron chi connectivity index (χ3n) is 4.78. The SMILES string of the molecule is Cc1cc(N2Cc3ccccc3N(C)CC2C)n2nc(C(F)(F)F)nc2n1. The van der Waals surface area contributed by atoms with Gasteiger partial charge in [-0.15, -0.1) is 5.10 Å². The van der Waals surface area contributed by atoms with Crippen molar-refractivity contribution in [3.8, 4) is 0 Å². The molecule has 0 spiro atoms. The van der Waals surface area contributed by atoms with Crippen molar-refractivity contribution in [3.63, 3.8) is 0 Å². The van der Waals surface area contributed by atoms with Crippen molar-refractivity contribution >= 4 is 17.3 Å². The molecule has 1 aliphatic heterocycles. The van der Waals surface area contributed by atoms with Crippen molar-refractivity contribution in [1.82, 2.24) is 19.6 Å². The molecule has 6 nitrogen and oxygen atoms in total. The standard InChI is InChI=1S/C18H19F3N6/c1-11-8-15(27-17(22-11)23-16(24-27)18(19,20)21)26-10-13-6-4-5-7-14(13)25(3)9-12(26)2/h4-8,12H,9-10H2,1-3H3. The number of aromatic nitrogens is 4. The van der Waals surface area contributed by atoms with Gasteiger partial charge < -0.3 is 9.80 Å². The minimum atomic E-state index is -4.61. The number of rotatable bonds is 1. The minimum Gasteiger partial charge on any atom is -0.372 e. The fraction of sp³-hybridized carbons (Fsp3) is 0.389. The lowest BCUT2D eigenvalue weighted by atomic mass is 10.1. The Bertz CT molecular complexity index is 996. The van der Waals surface area contributed by atoms with E-state index in [1.165, 1.54) is 4.52 Å². The molecule has 3 aromatic rings. The smallest absolute Gasteiger partial charge is 0.372 e. The van der Waals surface area contributed by atoms with Crippen LogP contribution in [0.15, 0.2) is 30.3 Å².